The summed E-state index contributed by atoms with van der Waals surface area (Å²) in [5, 5.41) is 8.49. The van der Waals surface area contributed by atoms with E-state index in [1.165, 1.54) is 23.3 Å². The Morgan fingerprint density at radius 1 is 1.12 bits per heavy atom. The summed E-state index contributed by atoms with van der Waals surface area (Å²) in [5.41, 5.74) is 4.30. The predicted octanol–water partition coefficient (Wildman–Crippen LogP) is 3.30. The van der Waals surface area contributed by atoms with E-state index in [4.69, 9.17) is 4.74 Å². The average Bonchev–Trinajstić information content (AvgIpc) is 3.26. The van der Waals surface area contributed by atoms with Crippen molar-refractivity contribution in [2.24, 2.45) is 0 Å². The van der Waals surface area contributed by atoms with Gasteiger partial charge in [-0.2, -0.15) is 0 Å². The molecule has 1 saturated heterocycles. The summed E-state index contributed by atoms with van der Waals surface area (Å²) >= 11 is 0. The van der Waals surface area contributed by atoms with E-state index < -0.39 is 0 Å². The fraction of sp³-hybridized carbons (Fsp3) is 0.300. The van der Waals surface area contributed by atoms with Gasteiger partial charge in [-0.1, -0.05) is 47.2 Å². The van der Waals surface area contributed by atoms with E-state index in [-0.39, 0.29) is 12.0 Å². The first-order valence-corrected chi connectivity index (χ1v) is 8.73. The number of nitrogens with zero attached hydrogens (tertiary/aromatic N) is 4. The van der Waals surface area contributed by atoms with Gasteiger partial charge in [0.25, 0.3) is 0 Å². The summed E-state index contributed by atoms with van der Waals surface area (Å²) in [4.78, 5) is 2.26. The van der Waals surface area contributed by atoms with E-state index in [2.05, 4.69) is 46.4 Å². The second kappa shape index (κ2) is 7.35. The molecule has 4 rings (SSSR count). The molecule has 0 bridgehead atoms. The van der Waals surface area contributed by atoms with E-state index in [1.807, 2.05) is 6.20 Å². The first-order valence-electron chi connectivity index (χ1n) is 8.73. The van der Waals surface area contributed by atoms with Gasteiger partial charge in [0, 0.05) is 13.1 Å². The van der Waals surface area contributed by atoms with Gasteiger partial charge < -0.3 is 4.74 Å². The molecule has 1 aliphatic heterocycles. The lowest BCUT2D eigenvalue weighted by Gasteiger charge is -2.21. The summed E-state index contributed by atoms with van der Waals surface area (Å²) < 4.78 is 20.7. The molecule has 1 atom stereocenters. The minimum atomic E-state index is -0.237. The number of benzene rings is 2. The number of hydrogen-bond acceptors (Lipinski definition) is 4. The monoisotopic (exact) mass is 352 g/mol. The number of ether oxygens (including phenoxy) is 1. The minimum absolute atomic E-state index is 0.183. The van der Waals surface area contributed by atoms with Crippen molar-refractivity contribution < 1.29 is 9.13 Å². The van der Waals surface area contributed by atoms with E-state index in [1.54, 1.807) is 16.8 Å². The van der Waals surface area contributed by atoms with Gasteiger partial charge in [0.2, 0.25) is 0 Å². The van der Waals surface area contributed by atoms with Crippen LogP contribution in [0.4, 0.5) is 4.39 Å². The highest BCUT2D eigenvalue weighted by atomic mass is 19.1. The lowest BCUT2D eigenvalue weighted by atomic mass is 10.1. The van der Waals surface area contributed by atoms with Gasteiger partial charge in [0.15, 0.2) is 6.23 Å². The van der Waals surface area contributed by atoms with Gasteiger partial charge in [-0.15, -0.1) is 5.10 Å². The summed E-state index contributed by atoms with van der Waals surface area (Å²) in [7, 11) is 0. The number of halogens is 1. The molecule has 0 radical (unpaired) electrons. The number of rotatable bonds is 5. The topological polar surface area (TPSA) is 43.2 Å². The molecule has 2 heterocycles. The summed E-state index contributed by atoms with van der Waals surface area (Å²) in [6.07, 6.45) is 1.72. The minimum Gasteiger partial charge on any atom is -0.356 e. The third-order valence-electron chi connectivity index (χ3n) is 4.52. The number of aromatic nitrogens is 3. The van der Waals surface area contributed by atoms with Crippen molar-refractivity contribution in [1.29, 1.82) is 0 Å². The Morgan fingerprint density at radius 3 is 2.77 bits per heavy atom. The summed E-state index contributed by atoms with van der Waals surface area (Å²) in [6.45, 7) is 5.02. The molecule has 134 valence electrons. The zero-order valence-corrected chi connectivity index (χ0v) is 14.7. The molecule has 3 aromatic rings. The Bertz CT molecular complexity index is 878. The molecule has 2 aromatic carbocycles. The van der Waals surface area contributed by atoms with E-state index in [9.17, 15) is 4.39 Å². The van der Waals surface area contributed by atoms with Gasteiger partial charge in [-0.25, -0.2) is 9.07 Å². The maximum atomic E-state index is 13.0. The van der Waals surface area contributed by atoms with Crippen LogP contribution in [0.1, 0.15) is 28.6 Å². The SMILES string of the molecule is Cc1cccc(CN2CCO[C@H]2c2cn(Cc3ccc(F)cc3)nn2)c1. The lowest BCUT2D eigenvalue weighted by molar-refractivity contribution is 0.0252. The zero-order chi connectivity index (χ0) is 17.9. The average molecular weight is 352 g/mol. The largest absolute Gasteiger partial charge is 0.356 e. The molecule has 0 saturated carbocycles. The normalized spacial score (nSPS) is 17.7. The fourth-order valence-corrected chi connectivity index (χ4v) is 3.26. The second-order valence-corrected chi connectivity index (χ2v) is 6.65. The molecule has 1 fully saturated rings. The van der Waals surface area contributed by atoms with Gasteiger partial charge in [-0.3, -0.25) is 4.90 Å². The molecule has 1 aromatic heterocycles. The quantitative estimate of drug-likeness (QED) is 0.707. The fourth-order valence-electron chi connectivity index (χ4n) is 3.26. The van der Waals surface area contributed by atoms with Gasteiger partial charge in [0.05, 0.1) is 19.3 Å². The lowest BCUT2D eigenvalue weighted by Crippen LogP contribution is -2.23. The van der Waals surface area contributed by atoms with Gasteiger partial charge >= 0.3 is 0 Å². The molecule has 1 aliphatic rings. The van der Waals surface area contributed by atoms with Crippen LogP contribution in [0.3, 0.4) is 0 Å². The summed E-state index contributed by atoms with van der Waals surface area (Å²) in [6, 6.07) is 14.9. The molecule has 0 amide bonds. The van der Waals surface area contributed by atoms with Crippen molar-refractivity contribution >= 4 is 0 Å². The van der Waals surface area contributed by atoms with E-state index in [0.29, 0.717) is 13.2 Å². The van der Waals surface area contributed by atoms with Crippen molar-refractivity contribution in [3.05, 3.63) is 82.9 Å². The molecule has 0 aliphatic carbocycles. The number of aryl methyl sites for hydroxylation is 1. The molecular weight excluding hydrogens is 331 g/mol. The molecule has 6 heteroatoms. The Kier molecular flexibility index (Phi) is 4.77. The van der Waals surface area contributed by atoms with E-state index in [0.717, 1.165) is 24.3 Å². The molecule has 0 unspecified atom stereocenters. The molecule has 0 spiro atoms. The molecule has 26 heavy (non-hydrogen) atoms. The van der Waals surface area contributed by atoms with Crippen LogP contribution in [-0.2, 0) is 17.8 Å². The molecule has 5 nitrogen and oxygen atoms in total. The third-order valence-corrected chi connectivity index (χ3v) is 4.52. The predicted molar refractivity (Wildman–Crippen MR) is 95.8 cm³/mol. The molecule has 0 N–H and O–H groups in total. The van der Waals surface area contributed by atoms with E-state index >= 15 is 0 Å². The smallest absolute Gasteiger partial charge is 0.157 e. The van der Waals surface area contributed by atoms with Crippen LogP contribution in [-0.4, -0.2) is 33.0 Å². The van der Waals surface area contributed by atoms with Crippen LogP contribution >= 0.6 is 0 Å². The van der Waals surface area contributed by atoms with Crippen molar-refractivity contribution in [2.75, 3.05) is 13.2 Å². The Hall–Kier alpha value is -2.57. The first kappa shape index (κ1) is 16.9. The van der Waals surface area contributed by atoms with Gasteiger partial charge in [0.1, 0.15) is 11.5 Å². The highest BCUT2D eigenvalue weighted by Gasteiger charge is 2.29. The van der Waals surface area contributed by atoms with Crippen LogP contribution in [0.2, 0.25) is 0 Å². The Morgan fingerprint density at radius 2 is 1.96 bits per heavy atom. The Labute approximate surface area is 152 Å². The van der Waals surface area contributed by atoms with Crippen molar-refractivity contribution in [3.63, 3.8) is 0 Å². The van der Waals surface area contributed by atoms with Crippen LogP contribution in [0.5, 0.6) is 0 Å². The maximum absolute atomic E-state index is 13.0. The number of hydrogen-bond donors (Lipinski definition) is 0. The standard InChI is InChI=1S/C20H21FN4O/c1-15-3-2-4-17(11-15)12-24-9-10-26-20(24)19-14-25(23-22-19)13-16-5-7-18(21)8-6-16/h2-8,11,14,20H,9-10,12-13H2,1H3/t20-/m0/s1. The van der Waals surface area contributed by atoms with Crippen LogP contribution in [0.15, 0.2) is 54.7 Å². The van der Waals surface area contributed by atoms with Crippen molar-refractivity contribution in [1.82, 2.24) is 19.9 Å². The summed E-state index contributed by atoms with van der Waals surface area (Å²) in [5.74, 6) is -0.237. The second-order valence-electron chi connectivity index (χ2n) is 6.65. The third kappa shape index (κ3) is 3.81. The Balaban J connectivity index is 1.46. The van der Waals surface area contributed by atoms with Crippen molar-refractivity contribution in [3.8, 4) is 0 Å². The molecular formula is C20H21FN4O. The zero-order valence-electron chi connectivity index (χ0n) is 14.7. The highest BCUT2D eigenvalue weighted by molar-refractivity contribution is 5.22. The van der Waals surface area contributed by atoms with Gasteiger partial charge in [-0.05, 0) is 30.2 Å². The first-order chi connectivity index (χ1) is 12.7. The van der Waals surface area contributed by atoms with Crippen LogP contribution < -0.4 is 0 Å². The van der Waals surface area contributed by atoms with Crippen LogP contribution in [0.25, 0.3) is 0 Å². The highest BCUT2D eigenvalue weighted by Crippen LogP contribution is 2.27. The maximum Gasteiger partial charge on any atom is 0.157 e. The van der Waals surface area contributed by atoms with Crippen molar-refractivity contribution in [2.45, 2.75) is 26.2 Å². The van der Waals surface area contributed by atoms with Crippen LogP contribution in [0, 0.1) is 12.7 Å².